The first kappa shape index (κ1) is 15.0. The third-order valence-electron chi connectivity index (χ3n) is 3.17. The van der Waals surface area contributed by atoms with E-state index in [1.54, 1.807) is 4.90 Å². The molecule has 0 radical (unpaired) electrons. The molecule has 0 atom stereocenters. The molecule has 0 aromatic heterocycles. The number of nitrogens with zero attached hydrogens (tertiary/aromatic N) is 3. The lowest BCUT2D eigenvalue weighted by molar-refractivity contribution is -0.129. The molecule has 0 heterocycles. The summed E-state index contributed by atoms with van der Waals surface area (Å²) in [4.78, 5) is 15.7. The number of benzene rings is 1. The number of aryl methyl sites for hydroxylation is 1. The van der Waals surface area contributed by atoms with Gasteiger partial charge in [-0.25, -0.2) is 0 Å². The highest BCUT2D eigenvalue weighted by atomic mass is 16.2. The van der Waals surface area contributed by atoms with Crippen LogP contribution in [-0.2, 0) is 4.79 Å². The van der Waals surface area contributed by atoms with Crippen molar-refractivity contribution in [3.63, 3.8) is 0 Å². The molecule has 0 bridgehead atoms. The van der Waals surface area contributed by atoms with Crippen molar-refractivity contribution in [1.29, 1.82) is 5.26 Å². The van der Waals surface area contributed by atoms with E-state index in [1.165, 1.54) is 0 Å². The zero-order valence-electron chi connectivity index (χ0n) is 12.1. The molecular weight excluding hydrogens is 238 g/mol. The Balaban J connectivity index is 2.87. The second-order valence-electron chi connectivity index (χ2n) is 4.55. The van der Waals surface area contributed by atoms with Crippen LogP contribution in [0, 0.1) is 18.3 Å². The summed E-state index contributed by atoms with van der Waals surface area (Å²) in [6.45, 7) is 7.59. The number of anilines is 1. The number of carbonyl (C=O) groups excluding carboxylic acids is 1. The van der Waals surface area contributed by atoms with Crippen LogP contribution in [0.4, 0.5) is 5.69 Å². The second-order valence-corrected chi connectivity index (χ2v) is 4.55. The molecule has 1 aromatic carbocycles. The van der Waals surface area contributed by atoms with Gasteiger partial charge in [-0.1, -0.05) is 6.07 Å². The minimum absolute atomic E-state index is 0.0805. The standard InChI is InChI=1S/C15H21N3O/c1-5-18(6-2)15(19)11-17(4)14-8-7-12(3)9-13(14)10-16/h7-9H,5-6,11H2,1-4H3. The monoisotopic (exact) mass is 259 g/mol. The van der Waals surface area contributed by atoms with E-state index in [0.29, 0.717) is 25.2 Å². The Labute approximate surface area is 115 Å². The molecular formula is C15H21N3O. The number of hydrogen-bond donors (Lipinski definition) is 0. The van der Waals surface area contributed by atoms with Gasteiger partial charge in [0.15, 0.2) is 0 Å². The highest BCUT2D eigenvalue weighted by molar-refractivity contribution is 5.82. The Morgan fingerprint density at radius 1 is 1.32 bits per heavy atom. The number of nitriles is 1. The summed E-state index contributed by atoms with van der Waals surface area (Å²) in [5.74, 6) is 0.0805. The molecule has 4 heteroatoms. The molecule has 0 N–H and O–H groups in total. The van der Waals surface area contributed by atoms with Crippen LogP contribution in [0.25, 0.3) is 0 Å². The molecule has 19 heavy (non-hydrogen) atoms. The molecule has 0 aliphatic rings. The molecule has 0 aliphatic heterocycles. The van der Waals surface area contributed by atoms with Gasteiger partial charge in [0, 0.05) is 20.1 Å². The molecule has 102 valence electrons. The first-order valence-electron chi connectivity index (χ1n) is 6.53. The maximum absolute atomic E-state index is 12.1. The number of carbonyl (C=O) groups is 1. The van der Waals surface area contributed by atoms with Crippen LogP contribution in [0.5, 0.6) is 0 Å². The van der Waals surface area contributed by atoms with Crippen molar-refractivity contribution in [3.05, 3.63) is 29.3 Å². The van der Waals surface area contributed by atoms with Gasteiger partial charge in [-0.3, -0.25) is 4.79 Å². The van der Waals surface area contributed by atoms with Crippen molar-refractivity contribution in [2.45, 2.75) is 20.8 Å². The van der Waals surface area contributed by atoms with Crippen LogP contribution in [-0.4, -0.2) is 37.5 Å². The molecule has 1 rings (SSSR count). The minimum atomic E-state index is 0.0805. The van der Waals surface area contributed by atoms with Gasteiger partial charge < -0.3 is 9.80 Å². The predicted molar refractivity (Wildman–Crippen MR) is 77.1 cm³/mol. The van der Waals surface area contributed by atoms with Crippen LogP contribution in [0.1, 0.15) is 25.0 Å². The topological polar surface area (TPSA) is 47.3 Å². The number of hydrogen-bond acceptors (Lipinski definition) is 3. The molecule has 0 saturated heterocycles. The number of amides is 1. The third-order valence-corrected chi connectivity index (χ3v) is 3.17. The van der Waals surface area contributed by atoms with Crippen molar-refractivity contribution >= 4 is 11.6 Å². The van der Waals surface area contributed by atoms with Gasteiger partial charge in [-0.05, 0) is 38.5 Å². The van der Waals surface area contributed by atoms with E-state index in [1.807, 2.05) is 50.9 Å². The zero-order chi connectivity index (χ0) is 14.4. The lowest BCUT2D eigenvalue weighted by Crippen LogP contribution is -2.39. The van der Waals surface area contributed by atoms with Crippen LogP contribution in [0.15, 0.2) is 18.2 Å². The smallest absolute Gasteiger partial charge is 0.242 e. The van der Waals surface area contributed by atoms with E-state index in [-0.39, 0.29) is 5.91 Å². The number of rotatable bonds is 5. The fraction of sp³-hybridized carbons (Fsp3) is 0.467. The second kappa shape index (κ2) is 6.79. The summed E-state index contributed by atoms with van der Waals surface area (Å²) in [5.41, 5.74) is 2.45. The highest BCUT2D eigenvalue weighted by Crippen LogP contribution is 2.20. The SMILES string of the molecule is CCN(CC)C(=O)CN(C)c1ccc(C)cc1C#N. The highest BCUT2D eigenvalue weighted by Gasteiger charge is 2.14. The molecule has 0 saturated carbocycles. The van der Waals surface area contributed by atoms with E-state index in [2.05, 4.69) is 6.07 Å². The molecule has 0 spiro atoms. The summed E-state index contributed by atoms with van der Waals surface area (Å²) in [6, 6.07) is 7.87. The van der Waals surface area contributed by atoms with E-state index in [0.717, 1.165) is 11.3 Å². The van der Waals surface area contributed by atoms with Crippen LogP contribution >= 0.6 is 0 Å². The van der Waals surface area contributed by atoms with E-state index in [4.69, 9.17) is 5.26 Å². The average molecular weight is 259 g/mol. The quantitative estimate of drug-likeness (QED) is 0.814. The van der Waals surface area contributed by atoms with Gasteiger partial charge in [0.1, 0.15) is 6.07 Å². The summed E-state index contributed by atoms with van der Waals surface area (Å²) >= 11 is 0. The summed E-state index contributed by atoms with van der Waals surface area (Å²) in [7, 11) is 1.84. The predicted octanol–water partition coefficient (Wildman–Crippen LogP) is 2.17. The lowest BCUT2D eigenvalue weighted by atomic mass is 10.1. The van der Waals surface area contributed by atoms with Gasteiger partial charge in [0.2, 0.25) is 5.91 Å². The summed E-state index contributed by atoms with van der Waals surface area (Å²) in [5, 5.41) is 9.16. The van der Waals surface area contributed by atoms with Gasteiger partial charge >= 0.3 is 0 Å². The van der Waals surface area contributed by atoms with Crippen molar-refractivity contribution < 1.29 is 4.79 Å². The molecule has 1 aromatic rings. The van der Waals surface area contributed by atoms with E-state index < -0.39 is 0 Å². The first-order valence-corrected chi connectivity index (χ1v) is 6.53. The fourth-order valence-corrected chi connectivity index (χ4v) is 2.04. The van der Waals surface area contributed by atoms with Crippen molar-refractivity contribution in [2.24, 2.45) is 0 Å². The molecule has 0 unspecified atom stereocenters. The molecule has 0 fully saturated rings. The number of likely N-dealkylation sites (N-methyl/N-ethyl adjacent to an activating group) is 2. The largest absolute Gasteiger partial charge is 0.364 e. The third kappa shape index (κ3) is 3.72. The van der Waals surface area contributed by atoms with E-state index >= 15 is 0 Å². The maximum Gasteiger partial charge on any atom is 0.242 e. The molecule has 1 amide bonds. The van der Waals surface area contributed by atoms with E-state index in [9.17, 15) is 4.79 Å². The van der Waals surface area contributed by atoms with Crippen molar-refractivity contribution in [2.75, 3.05) is 31.6 Å². The van der Waals surface area contributed by atoms with Gasteiger partial charge in [0.25, 0.3) is 0 Å². The Hall–Kier alpha value is -2.02. The van der Waals surface area contributed by atoms with Gasteiger partial charge in [0.05, 0.1) is 17.8 Å². The zero-order valence-corrected chi connectivity index (χ0v) is 12.1. The first-order chi connectivity index (χ1) is 9.03. The van der Waals surface area contributed by atoms with Crippen LogP contribution in [0.2, 0.25) is 0 Å². The van der Waals surface area contributed by atoms with Gasteiger partial charge in [-0.15, -0.1) is 0 Å². The summed E-state index contributed by atoms with van der Waals surface area (Å²) in [6.07, 6.45) is 0. The van der Waals surface area contributed by atoms with Crippen LogP contribution < -0.4 is 4.90 Å². The Kier molecular flexibility index (Phi) is 5.37. The van der Waals surface area contributed by atoms with Crippen molar-refractivity contribution in [1.82, 2.24) is 4.90 Å². The summed E-state index contributed by atoms with van der Waals surface area (Å²) < 4.78 is 0. The lowest BCUT2D eigenvalue weighted by Gasteiger charge is -2.25. The Morgan fingerprint density at radius 2 is 1.95 bits per heavy atom. The average Bonchev–Trinajstić information content (AvgIpc) is 2.39. The normalized spacial score (nSPS) is 9.84. The van der Waals surface area contributed by atoms with Crippen LogP contribution in [0.3, 0.4) is 0 Å². The van der Waals surface area contributed by atoms with Gasteiger partial charge in [-0.2, -0.15) is 5.26 Å². The molecule has 0 aliphatic carbocycles. The molecule has 4 nitrogen and oxygen atoms in total. The van der Waals surface area contributed by atoms with Crippen molar-refractivity contribution in [3.8, 4) is 6.07 Å². The minimum Gasteiger partial charge on any atom is -0.364 e. The fourth-order valence-electron chi connectivity index (χ4n) is 2.04. The maximum atomic E-state index is 12.1. The Morgan fingerprint density at radius 3 is 2.47 bits per heavy atom. The Bertz CT molecular complexity index is 487.